The lowest BCUT2D eigenvalue weighted by Gasteiger charge is -2.39. The van der Waals surface area contributed by atoms with Gasteiger partial charge in [-0.25, -0.2) is 4.79 Å². The van der Waals surface area contributed by atoms with E-state index in [1.807, 2.05) is 30.3 Å². The Labute approximate surface area is 284 Å². The highest BCUT2D eigenvalue weighted by molar-refractivity contribution is 5.76. The van der Waals surface area contributed by atoms with Crippen LogP contribution < -0.4 is 5.32 Å². The standard InChI is InChI=1S/C32H52N2O15/c35-17-21-24(38)26(40)28(42)30(48-21)45-15-7-13-34(14-8-16-46-31-29(43)27(41)25(39)22(18-36)49-31)23(37)11-5-2-6-12-33-32(44)47-19-20-9-3-1-4-10-20/h1,3-4,9-10,21-22,24-31,35-36,38-43H,2,5-8,11-19H2,(H,33,44)/t21-,22-,24-,25-,26+,27+,28+,29+,30+,31+/m1/s1. The van der Waals surface area contributed by atoms with Gasteiger partial charge in [0.1, 0.15) is 55.4 Å². The minimum atomic E-state index is -1.58. The summed E-state index contributed by atoms with van der Waals surface area (Å²) in [6, 6.07) is 9.30. The van der Waals surface area contributed by atoms with E-state index in [9.17, 15) is 50.4 Å². The number of aliphatic hydroxyl groups excluding tert-OH is 8. The molecule has 0 spiro atoms. The molecule has 0 aliphatic carbocycles. The summed E-state index contributed by atoms with van der Waals surface area (Å²) in [5.74, 6) is -0.157. The topological polar surface area (TPSA) is 257 Å². The Kier molecular flexibility index (Phi) is 18.1. The van der Waals surface area contributed by atoms with E-state index < -0.39 is 80.7 Å². The third-order valence-corrected chi connectivity index (χ3v) is 8.31. The number of benzene rings is 1. The maximum Gasteiger partial charge on any atom is 0.407 e. The summed E-state index contributed by atoms with van der Waals surface area (Å²) in [7, 11) is 0. The van der Waals surface area contributed by atoms with Crippen molar-refractivity contribution in [2.75, 3.05) is 46.1 Å². The number of unbranched alkanes of at least 4 members (excludes halogenated alkanes) is 2. The van der Waals surface area contributed by atoms with Crippen LogP contribution in [-0.2, 0) is 35.1 Å². The van der Waals surface area contributed by atoms with Crippen LogP contribution in [0.15, 0.2) is 30.3 Å². The Hall–Kier alpha value is -2.52. The van der Waals surface area contributed by atoms with Crippen LogP contribution >= 0.6 is 0 Å². The molecule has 0 bridgehead atoms. The summed E-state index contributed by atoms with van der Waals surface area (Å²) in [5, 5.41) is 81.7. The molecule has 9 N–H and O–H groups in total. The van der Waals surface area contributed by atoms with E-state index in [1.54, 1.807) is 4.90 Å². The molecular weight excluding hydrogens is 652 g/mol. The number of aliphatic hydroxyl groups is 8. The minimum absolute atomic E-state index is 0.0138. The zero-order chi connectivity index (χ0) is 35.8. The Bertz CT molecular complexity index is 1040. The molecule has 2 amide bonds. The van der Waals surface area contributed by atoms with E-state index in [0.717, 1.165) is 5.56 Å². The number of hydrogen-bond donors (Lipinski definition) is 9. The predicted octanol–water partition coefficient (Wildman–Crippen LogP) is -2.28. The summed E-state index contributed by atoms with van der Waals surface area (Å²) in [6.07, 6.45) is -11.9. The summed E-state index contributed by atoms with van der Waals surface area (Å²) in [4.78, 5) is 26.7. The first-order valence-corrected chi connectivity index (χ1v) is 16.6. The van der Waals surface area contributed by atoms with Crippen molar-refractivity contribution >= 4 is 12.0 Å². The van der Waals surface area contributed by atoms with E-state index in [1.165, 1.54) is 0 Å². The van der Waals surface area contributed by atoms with Crippen molar-refractivity contribution < 1.29 is 74.1 Å². The molecule has 0 unspecified atom stereocenters. The van der Waals surface area contributed by atoms with Gasteiger partial charge in [0.05, 0.1) is 26.4 Å². The van der Waals surface area contributed by atoms with Gasteiger partial charge in [-0.15, -0.1) is 0 Å². The van der Waals surface area contributed by atoms with Gasteiger partial charge in [0, 0.05) is 26.1 Å². The van der Waals surface area contributed by atoms with Gasteiger partial charge < -0.3 is 74.8 Å². The number of amides is 2. The monoisotopic (exact) mass is 704 g/mol. The second kappa shape index (κ2) is 21.6. The second-order valence-corrected chi connectivity index (χ2v) is 12.0. The lowest BCUT2D eigenvalue weighted by atomic mass is 9.99. The van der Waals surface area contributed by atoms with Gasteiger partial charge in [0.15, 0.2) is 12.6 Å². The van der Waals surface area contributed by atoms with Crippen molar-refractivity contribution in [2.45, 2.75) is 107 Å². The molecule has 1 aromatic carbocycles. The van der Waals surface area contributed by atoms with Crippen molar-refractivity contribution in [2.24, 2.45) is 0 Å². The van der Waals surface area contributed by atoms with Gasteiger partial charge in [-0.1, -0.05) is 36.8 Å². The quantitative estimate of drug-likeness (QED) is 0.0648. The van der Waals surface area contributed by atoms with Crippen LogP contribution in [0.4, 0.5) is 4.79 Å². The molecule has 17 heteroatoms. The van der Waals surface area contributed by atoms with Gasteiger partial charge in [-0.05, 0) is 31.2 Å². The number of alkyl carbamates (subject to hydrolysis) is 1. The third-order valence-electron chi connectivity index (χ3n) is 8.31. The number of carbonyl (C=O) groups excluding carboxylic acids is 2. The molecule has 2 aliphatic heterocycles. The van der Waals surface area contributed by atoms with Crippen molar-refractivity contribution in [1.29, 1.82) is 0 Å². The lowest BCUT2D eigenvalue weighted by molar-refractivity contribution is -0.301. The maximum absolute atomic E-state index is 13.2. The summed E-state index contributed by atoms with van der Waals surface area (Å²) >= 11 is 0. The number of rotatable bonds is 20. The smallest absolute Gasteiger partial charge is 0.407 e. The molecule has 0 radical (unpaired) electrons. The molecule has 2 heterocycles. The molecule has 0 aromatic heterocycles. The second-order valence-electron chi connectivity index (χ2n) is 12.0. The number of hydrogen-bond acceptors (Lipinski definition) is 15. The molecule has 10 atom stereocenters. The SMILES string of the molecule is O=C(NCCCCCC(=O)N(CCCO[C@H]1O[C@H](CO)[C@@H](O)[C@H](O)[C@@H]1O)CCCO[C@H]1O[C@H](CO)[C@@H](O)[C@H](O)[C@@H]1O)OCc1ccccc1. The van der Waals surface area contributed by atoms with Crippen LogP contribution in [0.25, 0.3) is 0 Å². The molecular formula is C32H52N2O15. The van der Waals surface area contributed by atoms with E-state index in [0.29, 0.717) is 38.6 Å². The van der Waals surface area contributed by atoms with Crippen LogP contribution in [-0.4, -0.2) is 165 Å². The fourth-order valence-corrected chi connectivity index (χ4v) is 5.38. The van der Waals surface area contributed by atoms with Gasteiger partial charge in [0.25, 0.3) is 0 Å². The average molecular weight is 705 g/mol. The van der Waals surface area contributed by atoms with Crippen LogP contribution in [0, 0.1) is 0 Å². The first kappa shape index (κ1) is 40.9. The molecule has 17 nitrogen and oxygen atoms in total. The number of nitrogens with one attached hydrogen (secondary N) is 1. The summed E-state index contributed by atoms with van der Waals surface area (Å²) in [6.45, 7) is -0.121. The van der Waals surface area contributed by atoms with Crippen molar-refractivity contribution in [3.63, 3.8) is 0 Å². The molecule has 0 saturated carbocycles. The molecule has 49 heavy (non-hydrogen) atoms. The van der Waals surface area contributed by atoms with E-state index in [2.05, 4.69) is 5.32 Å². The van der Waals surface area contributed by atoms with Gasteiger partial charge in [-0.3, -0.25) is 4.79 Å². The van der Waals surface area contributed by atoms with Gasteiger partial charge in [0.2, 0.25) is 5.91 Å². The highest BCUT2D eigenvalue weighted by Gasteiger charge is 2.45. The third kappa shape index (κ3) is 13.0. The molecule has 3 rings (SSSR count). The maximum atomic E-state index is 13.2. The zero-order valence-electron chi connectivity index (χ0n) is 27.4. The van der Waals surface area contributed by atoms with Gasteiger partial charge >= 0.3 is 6.09 Å². The van der Waals surface area contributed by atoms with E-state index in [-0.39, 0.29) is 45.2 Å². The molecule has 2 saturated heterocycles. The molecule has 280 valence electrons. The first-order valence-electron chi connectivity index (χ1n) is 16.6. The average Bonchev–Trinajstić information content (AvgIpc) is 3.11. The molecule has 2 aliphatic rings. The van der Waals surface area contributed by atoms with Crippen LogP contribution in [0.1, 0.15) is 44.1 Å². The van der Waals surface area contributed by atoms with Crippen molar-refractivity contribution in [3.8, 4) is 0 Å². The fraction of sp³-hybridized carbons (Fsp3) is 0.750. The van der Waals surface area contributed by atoms with Crippen molar-refractivity contribution in [3.05, 3.63) is 35.9 Å². The number of nitrogens with zero attached hydrogens (tertiary/aromatic N) is 1. The highest BCUT2D eigenvalue weighted by atomic mass is 16.7. The van der Waals surface area contributed by atoms with E-state index in [4.69, 9.17) is 23.7 Å². The summed E-state index contributed by atoms with van der Waals surface area (Å²) < 4.78 is 27.0. The summed E-state index contributed by atoms with van der Waals surface area (Å²) in [5.41, 5.74) is 0.876. The molecule has 2 fully saturated rings. The highest BCUT2D eigenvalue weighted by Crippen LogP contribution is 2.23. The molecule has 1 aromatic rings. The van der Waals surface area contributed by atoms with Crippen LogP contribution in [0.2, 0.25) is 0 Å². The Morgan fingerprint density at radius 2 is 1.22 bits per heavy atom. The van der Waals surface area contributed by atoms with Gasteiger partial charge in [-0.2, -0.15) is 0 Å². The minimum Gasteiger partial charge on any atom is -0.445 e. The number of ether oxygens (including phenoxy) is 5. The normalized spacial score (nSPS) is 30.1. The first-order chi connectivity index (χ1) is 23.6. The van der Waals surface area contributed by atoms with Crippen LogP contribution in [0.3, 0.4) is 0 Å². The van der Waals surface area contributed by atoms with Crippen LogP contribution in [0.5, 0.6) is 0 Å². The Morgan fingerprint density at radius 3 is 1.73 bits per heavy atom. The van der Waals surface area contributed by atoms with E-state index >= 15 is 0 Å². The lowest BCUT2D eigenvalue weighted by Crippen LogP contribution is -2.59. The number of carbonyl (C=O) groups is 2. The largest absolute Gasteiger partial charge is 0.445 e. The van der Waals surface area contributed by atoms with Crippen molar-refractivity contribution in [1.82, 2.24) is 10.2 Å². The zero-order valence-corrected chi connectivity index (χ0v) is 27.4. The fourth-order valence-electron chi connectivity index (χ4n) is 5.38. The predicted molar refractivity (Wildman–Crippen MR) is 168 cm³/mol. The Balaban J connectivity index is 1.42. The Morgan fingerprint density at radius 1 is 0.694 bits per heavy atom.